The van der Waals surface area contributed by atoms with Crippen LogP contribution in [0.3, 0.4) is 0 Å². The minimum absolute atomic E-state index is 0.982. The highest BCUT2D eigenvalue weighted by molar-refractivity contribution is 5.68. The predicted molar refractivity (Wildman–Crippen MR) is 70.8 cm³/mol. The monoisotopic (exact) mass is 238 g/mol. The third kappa shape index (κ3) is 1.93. The van der Waals surface area contributed by atoms with E-state index in [2.05, 4.69) is 28.2 Å². The van der Waals surface area contributed by atoms with Gasteiger partial charge >= 0.3 is 0 Å². The van der Waals surface area contributed by atoms with Gasteiger partial charge in [-0.1, -0.05) is 18.2 Å². The fourth-order valence-corrected chi connectivity index (χ4v) is 1.96. The first-order chi connectivity index (χ1) is 8.72. The second-order valence-electron chi connectivity index (χ2n) is 4.43. The molecule has 0 aliphatic rings. The van der Waals surface area contributed by atoms with Crippen molar-refractivity contribution in [1.82, 2.24) is 19.1 Å². The molecule has 0 saturated heterocycles. The number of benzene rings is 1. The topological polar surface area (TPSA) is 35.6 Å². The largest absolute Gasteiger partial charge is 0.340 e. The lowest BCUT2D eigenvalue weighted by atomic mass is 10.1. The van der Waals surface area contributed by atoms with Gasteiger partial charge in [0.05, 0.1) is 24.0 Å². The number of hydrogen-bond donors (Lipinski definition) is 0. The van der Waals surface area contributed by atoms with Crippen molar-refractivity contribution in [2.75, 3.05) is 0 Å². The maximum absolute atomic E-state index is 4.36. The Labute approximate surface area is 106 Å². The van der Waals surface area contributed by atoms with E-state index in [1.807, 2.05) is 54.3 Å². The van der Waals surface area contributed by atoms with E-state index < -0.39 is 0 Å². The molecule has 3 rings (SSSR count). The van der Waals surface area contributed by atoms with Gasteiger partial charge in [-0.3, -0.25) is 0 Å². The molecule has 0 saturated carbocycles. The summed E-state index contributed by atoms with van der Waals surface area (Å²) in [6.45, 7) is 0. The van der Waals surface area contributed by atoms with Gasteiger partial charge in [-0.05, 0) is 6.07 Å². The second kappa shape index (κ2) is 4.14. The Morgan fingerprint density at radius 2 is 1.33 bits per heavy atom. The third-order valence-electron chi connectivity index (χ3n) is 2.86. The molecule has 4 nitrogen and oxygen atoms in total. The van der Waals surface area contributed by atoms with Crippen molar-refractivity contribution in [3.05, 3.63) is 49.3 Å². The Morgan fingerprint density at radius 1 is 0.833 bits per heavy atom. The molecule has 0 aliphatic heterocycles. The third-order valence-corrected chi connectivity index (χ3v) is 2.86. The molecule has 4 heteroatoms. The highest BCUT2D eigenvalue weighted by Gasteiger charge is 2.05. The highest BCUT2D eigenvalue weighted by atomic mass is 15.0. The van der Waals surface area contributed by atoms with Crippen LogP contribution in [0.25, 0.3) is 22.5 Å². The number of rotatable bonds is 2. The summed E-state index contributed by atoms with van der Waals surface area (Å²) in [5.74, 6) is 0. The number of hydrogen-bond acceptors (Lipinski definition) is 2. The van der Waals surface area contributed by atoms with E-state index in [4.69, 9.17) is 0 Å². The number of imidazole rings is 2. The van der Waals surface area contributed by atoms with E-state index in [1.54, 1.807) is 0 Å². The molecule has 0 N–H and O–H groups in total. The molecule has 0 aliphatic carbocycles. The lowest BCUT2D eigenvalue weighted by molar-refractivity contribution is 0.913. The molecule has 2 heterocycles. The lowest BCUT2D eigenvalue weighted by Crippen LogP contribution is -1.82. The van der Waals surface area contributed by atoms with Crippen molar-refractivity contribution < 1.29 is 0 Å². The molecule has 2 aromatic heterocycles. The average Bonchev–Trinajstić information content (AvgIpc) is 2.98. The van der Waals surface area contributed by atoms with Gasteiger partial charge in [0.15, 0.2) is 0 Å². The first-order valence-electron chi connectivity index (χ1n) is 5.79. The van der Waals surface area contributed by atoms with Crippen molar-refractivity contribution in [3.63, 3.8) is 0 Å². The van der Waals surface area contributed by atoms with Crippen molar-refractivity contribution in [2.24, 2.45) is 14.1 Å². The van der Waals surface area contributed by atoms with E-state index in [-0.39, 0.29) is 0 Å². The first kappa shape index (κ1) is 10.8. The lowest BCUT2D eigenvalue weighted by Gasteiger charge is -2.00. The molecule has 0 radical (unpaired) electrons. The van der Waals surface area contributed by atoms with Crippen LogP contribution in [0.1, 0.15) is 0 Å². The van der Waals surface area contributed by atoms with Crippen molar-refractivity contribution in [3.8, 4) is 22.5 Å². The molecule has 0 unspecified atom stereocenters. The molecule has 0 spiro atoms. The summed E-state index contributed by atoms with van der Waals surface area (Å²) in [5, 5.41) is 0. The summed E-state index contributed by atoms with van der Waals surface area (Å²) in [6.07, 6.45) is 7.64. The van der Waals surface area contributed by atoms with Crippen LogP contribution in [-0.2, 0) is 14.1 Å². The Hall–Kier alpha value is -2.36. The van der Waals surface area contributed by atoms with Crippen LogP contribution in [0.4, 0.5) is 0 Å². The molecular formula is C14H14N4. The summed E-state index contributed by atoms with van der Waals surface area (Å²) >= 11 is 0. The second-order valence-corrected chi connectivity index (χ2v) is 4.43. The van der Waals surface area contributed by atoms with E-state index in [0.717, 1.165) is 22.5 Å². The van der Waals surface area contributed by atoms with Crippen molar-refractivity contribution in [1.29, 1.82) is 0 Å². The molecule has 3 aromatic rings. The molecule has 0 atom stereocenters. The van der Waals surface area contributed by atoms with E-state index in [9.17, 15) is 0 Å². The minimum Gasteiger partial charge on any atom is -0.340 e. The average molecular weight is 238 g/mol. The SMILES string of the molecule is Cn1cnc(-c2cccc(-c3cn(C)cn3)c2)c1. The minimum atomic E-state index is 0.982. The molecule has 90 valence electrons. The summed E-state index contributed by atoms with van der Waals surface area (Å²) in [6, 6.07) is 8.28. The van der Waals surface area contributed by atoms with Gasteiger partial charge in [-0.15, -0.1) is 0 Å². The van der Waals surface area contributed by atoms with Crippen LogP contribution in [0.15, 0.2) is 49.3 Å². The van der Waals surface area contributed by atoms with Gasteiger partial charge in [-0.2, -0.15) is 0 Å². The van der Waals surface area contributed by atoms with Crippen LogP contribution in [0.5, 0.6) is 0 Å². The normalized spacial score (nSPS) is 10.8. The van der Waals surface area contributed by atoms with Gasteiger partial charge in [0, 0.05) is 37.6 Å². The van der Waals surface area contributed by atoms with Crippen LogP contribution < -0.4 is 0 Å². The summed E-state index contributed by atoms with van der Waals surface area (Å²) in [5.41, 5.74) is 4.18. The van der Waals surface area contributed by atoms with E-state index in [1.165, 1.54) is 0 Å². The summed E-state index contributed by atoms with van der Waals surface area (Å²) in [4.78, 5) is 8.73. The van der Waals surface area contributed by atoms with Crippen LogP contribution in [0, 0.1) is 0 Å². The number of aromatic nitrogens is 4. The standard InChI is InChI=1S/C14H14N4/c1-17-7-13(15-9-17)11-4-3-5-12(6-11)14-8-18(2)10-16-14/h3-10H,1-2H3. The molecule has 0 fully saturated rings. The van der Waals surface area contributed by atoms with Crippen LogP contribution >= 0.6 is 0 Å². The fourth-order valence-electron chi connectivity index (χ4n) is 1.96. The predicted octanol–water partition coefficient (Wildman–Crippen LogP) is 2.49. The Kier molecular flexibility index (Phi) is 2.48. The van der Waals surface area contributed by atoms with Gasteiger partial charge < -0.3 is 9.13 Å². The fraction of sp³-hybridized carbons (Fsp3) is 0.143. The zero-order valence-electron chi connectivity index (χ0n) is 10.4. The van der Waals surface area contributed by atoms with Crippen LogP contribution in [-0.4, -0.2) is 19.1 Å². The smallest absolute Gasteiger partial charge is 0.0951 e. The van der Waals surface area contributed by atoms with Crippen molar-refractivity contribution >= 4 is 0 Å². The summed E-state index contributed by atoms with van der Waals surface area (Å²) < 4.78 is 3.89. The zero-order valence-corrected chi connectivity index (χ0v) is 10.4. The van der Waals surface area contributed by atoms with Gasteiger partial charge in [0.25, 0.3) is 0 Å². The Bertz CT molecular complexity index is 623. The van der Waals surface area contributed by atoms with E-state index >= 15 is 0 Å². The number of aryl methyl sites for hydroxylation is 2. The van der Waals surface area contributed by atoms with Crippen molar-refractivity contribution in [2.45, 2.75) is 0 Å². The number of nitrogens with zero attached hydrogens (tertiary/aromatic N) is 4. The molecule has 0 amide bonds. The maximum Gasteiger partial charge on any atom is 0.0951 e. The van der Waals surface area contributed by atoms with Crippen LogP contribution in [0.2, 0.25) is 0 Å². The summed E-state index contributed by atoms with van der Waals surface area (Å²) in [7, 11) is 3.94. The molecule has 1 aromatic carbocycles. The van der Waals surface area contributed by atoms with Gasteiger partial charge in [0.1, 0.15) is 0 Å². The van der Waals surface area contributed by atoms with Gasteiger partial charge in [0.2, 0.25) is 0 Å². The highest BCUT2D eigenvalue weighted by Crippen LogP contribution is 2.23. The molecule has 18 heavy (non-hydrogen) atoms. The first-order valence-corrected chi connectivity index (χ1v) is 5.79. The maximum atomic E-state index is 4.36. The quantitative estimate of drug-likeness (QED) is 0.687. The Morgan fingerprint density at radius 3 is 1.72 bits per heavy atom. The molecule has 0 bridgehead atoms. The Balaban J connectivity index is 2.04. The van der Waals surface area contributed by atoms with Gasteiger partial charge in [-0.25, -0.2) is 9.97 Å². The zero-order chi connectivity index (χ0) is 12.5. The molecular weight excluding hydrogens is 224 g/mol. The van der Waals surface area contributed by atoms with E-state index in [0.29, 0.717) is 0 Å².